The van der Waals surface area contributed by atoms with Crippen LogP contribution >= 0.6 is 11.6 Å². The molecule has 0 unspecified atom stereocenters. The minimum Gasteiger partial charge on any atom is -0.395 e. The summed E-state index contributed by atoms with van der Waals surface area (Å²) < 4.78 is 0. The average molecular weight is 343 g/mol. The van der Waals surface area contributed by atoms with Gasteiger partial charge in [0.25, 0.3) is 0 Å². The van der Waals surface area contributed by atoms with E-state index < -0.39 is 0 Å². The summed E-state index contributed by atoms with van der Waals surface area (Å²) in [7, 11) is 0. The number of hydrogen-bond donors (Lipinski definition) is 3. The van der Waals surface area contributed by atoms with Crippen molar-refractivity contribution in [1.82, 2.24) is 10.3 Å². The number of aliphatic hydroxyl groups excluding tert-OH is 2. The van der Waals surface area contributed by atoms with Gasteiger partial charge in [-0.15, -0.1) is 5.11 Å². The second kappa shape index (κ2) is 11.3. The zero-order valence-electron chi connectivity index (χ0n) is 13.8. The first-order valence-corrected chi connectivity index (χ1v) is 8.41. The summed E-state index contributed by atoms with van der Waals surface area (Å²) in [6.45, 7) is 5.42. The van der Waals surface area contributed by atoms with Gasteiger partial charge in [0.05, 0.1) is 31.5 Å². The Hall–Kier alpha value is -1.21. The maximum atomic E-state index is 9.51. The van der Waals surface area contributed by atoms with Crippen molar-refractivity contribution in [2.75, 3.05) is 26.3 Å². The Bertz CT molecular complexity index is 448. The van der Waals surface area contributed by atoms with Gasteiger partial charge in [-0.3, -0.25) is 5.01 Å². The summed E-state index contributed by atoms with van der Waals surface area (Å²) in [5.41, 5.74) is 0.710. The molecule has 2 atom stereocenters. The smallest absolute Gasteiger partial charge is 0.0875 e. The lowest BCUT2D eigenvalue weighted by atomic mass is 10.2. The topological polar surface area (TPSA) is 80.5 Å². The van der Waals surface area contributed by atoms with Crippen molar-refractivity contribution in [2.45, 2.75) is 38.8 Å². The zero-order valence-corrected chi connectivity index (χ0v) is 14.6. The summed E-state index contributed by atoms with van der Waals surface area (Å²) in [5.74, 6) is 0. The monoisotopic (exact) mass is 342 g/mol. The van der Waals surface area contributed by atoms with Gasteiger partial charge in [-0.05, 0) is 37.1 Å². The number of hydrogen-bond acceptors (Lipinski definition) is 5. The van der Waals surface area contributed by atoms with E-state index in [0.717, 1.165) is 12.8 Å². The number of benzene rings is 1. The Morgan fingerprint density at radius 3 is 2.35 bits per heavy atom. The predicted molar refractivity (Wildman–Crippen MR) is 93.0 cm³/mol. The van der Waals surface area contributed by atoms with Crippen LogP contribution in [0.1, 0.15) is 26.7 Å². The van der Waals surface area contributed by atoms with Gasteiger partial charge in [0.1, 0.15) is 0 Å². The standard InChI is InChI=1S/C16H27ClN4O2/c1-3-14(11-22)18-9-10-21(16(4-2)12-23)20-19-15-7-5-13(17)6-8-15/h5-8,14,16,18,22-23H,3-4,9-12H2,1-2H3/t14-,16+/m1/s1. The Morgan fingerprint density at radius 2 is 1.83 bits per heavy atom. The lowest BCUT2D eigenvalue weighted by Gasteiger charge is -2.26. The molecule has 0 saturated heterocycles. The van der Waals surface area contributed by atoms with Crippen LogP contribution in [0, 0.1) is 0 Å². The van der Waals surface area contributed by atoms with Crippen LogP contribution in [-0.2, 0) is 0 Å². The van der Waals surface area contributed by atoms with E-state index in [4.69, 9.17) is 11.6 Å². The van der Waals surface area contributed by atoms with Crippen molar-refractivity contribution < 1.29 is 10.2 Å². The Balaban J connectivity index is 2.66. The lowest BCUT2D eigenvalue weighted by Crippen LogP contribution is -2.41. The van der Waals surface area contributed by atoms with Gasteiger partial charge in [-0.1, -0.05) is 30.7 Å². The largest absolute Gasteiger partial charge is 0.395 e. The van der Waals surface area contributed by atoms with Crippen LogP contribution in [0.4, 0.5) is 5.69 Å². The van der Waals surface area contributed by atoms with Crippen molar-refractivity contribution in [3.63, 3.8) is 0 Å². The molecule has 0 fully saturated rings. The molecule has 0 aliphatic rings. The molecule has 1 rings (SSSR count). The van der Waals surface area contributed by atoms with Crippen molar-refractivity contribution in [3.05, 3.63) is 29.3 Å². The summed E-state index contributed by atoms with van der Waals surface area (Å²) in [5, 5.41) is 32.9. The molecule has 1 aromatic rings. The van der Waals surface area contributed by atoms with Gasteiger partial charge in [0.15, 0.2) is 0 Å². The molecule has 0 saturated carbocycles. The first-order chi connectivity index (χ1) is 11.1. The van der Waals surface area contributed by atoms with Crippen LogP contribution in [0.2, 0.25) is 5.02 Å². The SMILES string of the molecule is CC[C@H](CO)NCCN(N=Nc1ccc(Cl)cc1)[C@@H](CC)CO. The third-order valence-corrected chi connectivity index (χ3v) is 3.94. The van der Waals surface area contributed by atoms with E-state index in [0.29, 0.717) is 23.8 Å². The van der Waals surface area contributed by atoms with Crippen molar-refractivity contribution in [1.29, 1.82) is 0 Å². The Morgan fingerprint density at radius 1 is 1.13 bits per heavy atom. The molecule has 0 radical (unpaired) electrons. The van der Waals surface area contributed by atoms with E-state index in [9.17, 15) is 10.2 Å². The maximum Gasteiger partial charge on any atom is 0.0875 e. The molecule has 3 N–H and O–H groups in total. The first kappa shape index (κ1) is 19.8. The number of nitrogens with one attached hydrogen (secondary N) is 1. The molecule has 7 heteroatoms. The summed E-state index contributed by atoms with van der Waals surface area (Å²) in [4.78, 5) is 0. The molecule has 0 bridgehead atoms. The van der Waals surface area contributed by atoms with Gasteiger partial charge in [-0.2, -0.15) is 0 Å². The van der Waals surface area contributed by atoms with E-state index in [1.807, 2.05) is 13.8 Å². The molecular weight excluding hydrogens is 316 g/mol. The normalized spacial score (nSPS) is 14.1. The Kier molecular flexibility index (Phi) is 9.78. The number of halogens is 1. The molecule has 0 spiro atoms. The minimum atomic E-state index is -0.0814. The van der Waals surface area contributed by atoms with E-state index >= 15 is 0 Å². The van der Waals surface area contributed by atoms with E-state index in [-0.39, 0.29) is 25.3 Å². The molecule has 1 aromatic carbocycles. The van der Waals surface area contributed by atoms with Crippen molar-refractivity contribution >= 4 is 17.3 Å². The second-order valence-corrected chi connectivity index (χ2v) is 5.75. The molecule has 0 aliphatic carbocycles. The third-order valence-electron chi connectivity index (χ3n) is 3.69. The van der Waals surface area contributed by atoms with Crippen LogP contribution < -0.4 is 5.32 Å². The fraction of sp³-hybridized carbons (Fsp3) is 0.625. The highest BCUT2D eigenvalue weighted by atomic mass is 35.5. The number of aliphatic hydroxyl groups is 2. The number of nitrogens with zero attached hydrogens (tertiary/aromatic N) is 3. The first-order valence-electron chi connectivity index (χ1n) is 8.03. The van der Waals surface area contributed by atoms with E-state index in [1.54, 1.807) is 29.3 Å². The molecular formula is C16H27ClN4O2. The molecule has 130 valence electrons. The summed E-state index contributed by atoms with van der Waals surface area (Å²) in [6.07, 6.45) is 1.63. The van der Waals surface area contributed by atoms with Gasteiger partial charge in [-0.25, -0.2) is 0 Å². The lowest BCUT2D eigenvalue weighted by molar-refractivity contribution is 0.113. The number of rotatable bonds is 11. The van der Waals surface area contributed by atoms with Crippen molar-refractivity contribution in [2.24, 2.45) is 10.3 Å². The maximum absolute atomic E-state index is 9.51. The average Bonchev–Trinajstić information content (AvgIpc) is 2.58. The van der Waals surface area contributed by atoms with Gasteiger partial charge in [0.2, 0.25) is 0 Å². The minimum absolute atomic E-state index is 0.0212. The quantitative estimate of drug-likeness (QED) is 0.426. The molecule has 6 nitrogen and oxygen atoms in total. The van der Waals surface area contributed by atoms with Crippen LogP contribution in [0.15, 0.2) is 34.6 Å². The predicted octanol–water partition coefficient (Wildman–Crippen LogP) is 2.77. The van der Waals surface area contributed by atoms with Crippen molar-refractivity contribution in [3.8, 4) is 0 Å². The zero-order chi connectivity index (χ0) is 17.1. The molecule has 0 aliphatic heterocycles. The summed E-state index contributed by atoms with van der Waals surface area (Å²) >= 11 is 5.85. The van der Waals surface area contributed by atoms with E-state index in [2.05, 4.69) is 15.7 Å². The highest BCUT2D eigenvalue weighted by Gasteiger charge is 2.14. The van der Waals surface area contributed by atoms with Crippen LogP contribution in [0.5, 0.6) is 0 Å². The van der Waals surface area contributed by atoms with Crippen LogP contribution in [0.25, 0.3) is 0 Å². The van der Waals surface area contributed by atoms with Gasteiger partial charge < -0.3 is 15.5 Å². The molecule has 23 heavy (non-hydrogen) atoms. The highest BCUT2D eigenvalue weighted by Crippen LogP contribution is 2.17. The molecule has 0 heterocycles. The van der Waals surface area contributed by atoms with Crippen LogP contribution in [0.3, 0.4) is 0 Å². The summed E-state index contributed by atoms with van der Waals surface area (Å²) in [6, 6.07) is 7.11. The highest BCUT2D eigenvalue weighted by molar-refractivity contribution is 6.30. The second-order valence-electron chi connectivity index (χ2n) is 5.32. The fourth-order valence-electron chi connectivity index (χ4n) is 2.07. The molecule has 0 aromatic heterocycles. The van der Waals surface area contributed by atoms with E-state index in [1.165, 1.54) is 0 Å². The fourth-order valence-corrected chi connectivity index (χ4v) is 2.20. The van der Waals surface area contributed by atoms with Crippen LogP contribution in [-0.4, -0.2) is 53.6 Å². The Labute approximate surface area is 143 Å². The third kappa shape index (κ3) is 7.26. The molecule has 0 amide bonds. The van der Waals surface area contributed by atoms with Gasteiger partial charge >= 0.3 is 0 Å². The van der Waals surface area contributed by atoms with Gasteiger partial charge in [0, 0.05) is 17.6 Å².